The molecule has 2 aromatic heterocycles. The van der Waals surface area contributed by atoms with E-state index in [0.717, 1.165) is 23.2 Å². The number of nitrogens with zero attached hydrogens (tertiary/aromatic N) is 4. The first kappa shape index (κ1) is 17.4. The van der Waals surface area contributed by atoms with Gasteiger partial charge < -0.3 is 10.5 Å². The maximum Gasteiger partial charge on any atom is 0.224 e. The third-order valence-electron chi connectivity index (χ3n) is 3.56. The smallest absolute Gasteiger partial charge is 0.224 e. The average molecular weight is 327 g/mol. The van der Waals surface area contributed by atoms with Crippen LogP contribution in [-0.2, 0) is 29.4 Å². The quantitative estimate of drug-likeness (QED) is 0.642. The number of amides is 1. The van der Waals surface area contributed by atoms with Crippen molar-refractivity contribution in [3.8, 4) is 0 Å². The van der Waals surface area contributed by atoms with Crippen molar-refractivity contribution in [2.24, 2.45) is 17.8 Å². The summed E-state index contributed by atoms with van der Waals surface area (Å²) in [6, 6.07) is 3.53. The molecule has 24 heavy (non-hydrogen) atoms. The average Bonchev–Trinajstić information content (AvgIpc) is 2.93. The molecule has 0 unspecified atom stereocenters. The third-order valence-corrected chi connectivity index (χ3v) is 3.56. The number of hydrogen-bond donors (Lipinski definition) is 1. The van der Waals surface area contributed by atoms with E-state index in [9.17, 15) is 4.79 Å². The molecular weight excluding hydrogens is 306 g/mol. The third kappa shape index (κ3) is 3.87. The van der Waals surface area contributed by atoms with E-state index in [-0.39, 0.29) is 6.42 Å². The highest BCUT2D eigenvalue weighted by atomic mass is 16.5. The summed E-state index contributed by atoms with van der Waals surface area (Å²) in [6.07, 6.45) is 4.27. The van der Waals surface area contributed by atoms with Crippen LogP contribution in [0.15, 0.2) is 36.1 Å². The van der Waals surface area contributed by atoms with Crippen LogP contribution < -0.4 is 5.73 Å². The molecule has 2 heterocycles. The van der Waals surface area contributed by atoms with Gasteiger partial charge >= 0.3 is 0 Å². The monoisotopic (exact) mass is 327 g/mol. The molecule has 0 aliphatic heterocycles. The van der Waals surface area contributed by atoms with E-state index >= 15 is 0 Å². The van der Waals surface area contributed by atoms with Crippen LogP contribution in [-0.4, -0.2) is 33.7 Å². The lowest BCUT2D eigenvalue weighted by Gasteiger charge is -2.08. The van der Waals surface area contributed by atoms with Crippen LogP contribution in [0.1, 0.15) is 29.4 Å². The first-order valence-electron chi connectivity index (χ1n) is 7.52. The largest absolute Gasteiger partial charge is 0.480 e. The molecule has 0 atom stereocenters. The molecule has 2 rings (SSSR count). The standard InChI is InChI=1S/C17H21N5O2/c1-5-15-13(10-20-22(15)3)17(24-4)21-11(2)14-7-6-12(9-19-14)8-16(18)23/h6-7,9-10H,2,5,8H2,1,3-4H3,(H2,18,23). The summed E-state index contributed by atoms with van der Waals surface area (Å²) in [4.78, 5) is 19.6. The Morgan fingerprint density at radius 3 is 2.71 bits per heavy atom. The second-order valence-corrected chi connectivity index (χ2v) is 5.24. The lowest BCUT2D eigenvalue weighted by Crippen LogP contribution is -2.13. The van der Waals surface area contributed by atoms with Gasteiger partial charge in [0.25, 0.3) is 0 Å². The summed E-state index contributed by atoms with van der Waals surface area (Å²) in [5, 5.41) is 4.24. The van der Waals surface area contributed by atoms with Crippen molar-refractivity contribution in [1.29, 1.82) is 0 Å². The Labute approximate surface area is 140 Å². The van der Waals surface area contributed by atoms with Crippen molar-refractivity contribution in [1.82, 2.24) is 14.8 Å². The highest BCUT2D eigenvalue weighted by Gasteiger charge is 2.14. The fraction of sp³-hybridized carbons (Fsp3) is 0.294. The van der Waals surface area contributed by atoms with Gasteiger partial charge in [-0.1, -0.05) is 19.6 Å². The molecule has 0 spiro atoms. The van der Waals surface area contributed by atoms with E-state index in [0.29, 0.717) is 17.3 Å². The molecule has 7 nitrogen and oxygen atoms in total. The zero-order valence-corrected chi connectivity index (χ0v) is 14.1. The first-order chi connectivity index (χ1) is 11.5. The molecule has 2 N–H and O–H groups in total. The summed E-state index contributed by atoms with van der Waals surface area (Å²) in [7, 11) is 3.44. The second kappa shape index (κ2) is 7.54. The Morgan fingerprint density at radius 2 is 2.17 bits per heavy atom. The molecule has 0 saturated heterocycles. The van der Waals surface area contributed by atoms with Crippen molar-refractivity contribution in [2.75, 3.05) is 7.11 Å². The number of nitrogens with two attached hydrogens (primary N) is 1. The minimum absolute atomic E-state index is 0.155. The predicted molar refractivity (Wildman–Crippen MR) is 92.3 cm³/mol. The predicted octanol–water partition coefficient (Wildman–Crippen LogP) is 1.47. The number of pyridine rings is 1. The number of rotatable bonds is 6. The summed E-state index contributed by atoms with van der Waals surface area (Å²) in [5.41, 5.74) is 8.82. The number of aromatic nitrogens is 3. The van der Waals surface area contributed by atoms with Crippen LogP contribution in [0.2, 0.25) is 0 Å². The summed E-state index contributed by atoms with van der Waals surface area (Å²) < 4.78 is 7.20. The number of primary amides is 1. The second-order valence-electron chi connectivity index (χ2n) is 5.24. The zero-order valence-electron chi connectivity index (χ0n) is 14.1. The van der Waals surface area contributed by atoms with E-state index in [1.54, 1.807) is 36.3 Å². The number of methoxy groups -OCH3 is 1. The molecule has 2 aromatic rings. The molecular formula is C17H21N5O2. The van der Waals surface area contributed by atoms with Crippen LogP contribution in [0, 0.1) is 0 Å². The van der Waals surface area contributed by atoms with Crippen molar-refractivity contribution in [2.45, 2.75) is 19.8 Å². The van der Waals surface area contributed by atoms with Crippen molar-refractivity contribution < 1.29 is 9.53 Å². The van der Waals surface area contributed by atoms with Gasteiger partial charge in [-0.2, -0.15) is 5.10 Å². The van der Waals surface area contributed by atoms with Crippen LogP contribution in [0.4, 0.5) is 0 Å². The van der Waals surface area contributed by atoms with Gasteiger partial charge in [-0.05, 0) is 18.1 Å². The SMILES string of the molecule is C=C(N=C(OC)c1cnn(C)c1CC)c1ccc(CC(N)=O)cn1. The van der Waals surface area contributed by atoms with Gasteiger partial charge in [0.15, 0.2) is 0 Å². The van der Waals surface area contributed by atoms with E-state index in [1.165, 1.54) is 0 Å². The van der Waals surface area contributed by atoms with Crippen molar-refractivity contribution >= 4 is 17.5 Å². The fourth-order valence-electron chi connectivity index (χ4n) is 2.36. The van der Waals surface area contributed by atoms with E-state index in [4.69, 9.17) is 10.5 Å². The summed E-state index contributed by atoms with van der Waals surface area (Å²) in [6.45, 7) is 5.99. The number of hydrogen-bond acceptors (Lipinski definition) is 5. The minimum Gasteiger partial charge on any atom is -0.480 e. The van der Waals surface area contributed by atoms with Gasteiger partial charge in [0.1, 0.15) is 0 Å². The van der Waals surface area contributed by atoms with Crippen molar-refractivity contribution in [3.63, 3.8) is 0 Å². The van der Waals surface area contributed by atoms with Crippen LogP contribution in [0.25, 0.3) is 5.70 Å². The molecule has 0 aliphatic carbocycles. The normalized spacial score (nSPS) is 11.4. The highest BCUT2D eigenvalue weighted by molar-refractivity contribution is 5.98. The van der Waals surface area contributed by atoms with E-state index in [2.05, 4.69) is 21.7 Å². The summed E-state index contributed by atoms with van der Waals surface area (Å²) >= 11 is 0. The van der Waals surface area contributed by atoms with Gasteiger partial charge in [0, 0.05) is 13.2 Å². The number of carbonyl (C=O) groups excluding carboxylic acids is 1. The lowest BCUT2D eigenvalue weighted by molar-refractivity contribution is -0.117. The molecule has 7 heteroatoms. The topological polar surface area (TPSA) is 95.4 Å². The Balaban J connectivity index is 2.27. The Kier molecular flexibility index (Phi) is 5.47. The Bertz CT molecular complexity index is 775. The van der Waals surface area contributed by atoms with Gasteiger partial charge in [-0.3, -0.25) is 14.5 Å². The van der Waals surface area contributed by atoms with Gasteiger partial charge in [0.2, 0.25) is 11.8 Å². The zero-order chi connectivity index (χ0) is 17.7. The number of ether oxygens (including phenoxy) is 1. The number of aryl methyl sites for hydroxylation is 1. The van der Waals surface area contributed by atoms with E-state index in [1.807, 2.05) is 14.0 Å². The lowest BCUT2D eigenvalue weighted by atomic mass is 10.1. The molecule has 126 valence electrons. The molecule has 1 amide bonds. The first-order valence-corrected chi connectivity index (χ1v) is 7.52. The van der Waals surface area contributed by atoms with E-state index < -0.39 is 5.91 Å². The van der Waals surface area contributed by atoms with Crippen LogP contribution >= 0.6 is 0 Å². The molecule has 0 aliphatic rings. The maximum atomic E-state index is 10.9. The number of carbonyl (C=O) groups is 1. The Hall–Kier alpha value is -2.96. The van der Waals surface area contributed by atoms with Gasteiger partial charge in [0.05, 0.1) is 42.4 Å². The van der Waals surface area contributed by atoms with Gasteiger partial charge in [-0.25, -0.2) is 4.99 Å². The highest BCUT2D eigenvalue weighted by Crippen LogP contribution is 2.16. The minimum atomic E-state index is -0.397. The number of aliphatic imine (C=N–C) groups is 1. The van der Waals surface area contributed by atoms with Crippen LogP contribution in [0.5, 0.6) is 0 Å². The van der Waals surface area contributed by atoms with Gasteiger partial charge in [-0.15, -0.1) is 0 Å². The Morgan fingerprint density at radius 1 is 1.42 bits per heavy atom. The maximum absolute atomic E-state index is 10.9. The van der Waals surface area contributed by atoms with Crippen LogP contribution in [0.3, 0.4) is 0 Å². The molecule has 0 bridgehead atoms. The molecule has 0 radical (unpaired) electrons. The summed E-state index contributed by atoms with van der Waals surface area (Å²) in [5.74, 6) is 0.0414. The molecule has 0 fully saturated rings. The molecule has 0 saturated carbocycles. The van der Waals surface area contributed by atoms with Crippen molar-refractivity contribution in [3.05, 3.63) is 53.6 Å². The molecule has 0 aromatic carbocycles. The fourth-order valence-corrected chi connectivity index (χ4v) is 2.36.